The highest BCUT2D eigenvalue weighted by atomic mass is 16.7. The van der Waals surface area contributed by atoms with Crippen LogP contribution < -0.4 is 0 Å². The lowest BCUT2D eigenvalue weighted by molar-refractivity contribution is 0.0351. The van der Waals surface area contributed by atoms with E-state index in [1.165, 1.54) is 0 Å². The fraction of sp³-hybridized carbons (Fsp3) is 0.235. The quantitative estimate of drug-likeness (QED) is 0.636. The first-order valence-electron chi connectivity index (χ1n) is 6.96. The molecular formula is C17H17NO4. The molecule has 0 aliphatic rings. The first-order valence-corrected chi connectivity index (χ1v) is 6.96. The summed E-state index contributed by atoms with van der Waals surface area (Å²) in [6.07, 6.45) is 0.718. The molecule has 0 amide bonds. The maximum absolute atomic E-state index is 11.8. The van der Waals surface area contributed by atoms with Gasteiger partial charge in [0.05, 0.1) is 17.9 Å². The summed E-state index contributed by atoms with van der Waals surface area (Å²) in [4.78, 5) is 27.4. The number of benzene rings is 1. The monoisotopic (exact) mass is 299 g/mol. The molecule has 0 saturated heterocycles. The molecule has 0 spiro atoms. The van der Waals surface area contributed by atoms with Gasteiger partial charge in [0.1, 0.15) is 0 Å². The van der Waals surface area contributed by atoms with Gasteiger partial charge >= 0.3 is 12.1 Å². The van der Waals surface area contributed by atoms with Gasteiger partial charge in [0, 0.05) is 11.8 Å². The summed E-state index contributed by atoms with van der Waals surface area (Å²) in [5, 5.41) is 0. The van der Waals surface area contributed by atoms with Crippen LogP contribution in [-0.4, -0.2) is 23.7 Å². The van der Waals surface area contributed by atoms with E-state index < -0.39 is 12.1 Å². The van der Waals surface area contributed by atoms with Crippen molar-refractivity contribution in [3.8, 4) is 11.3 Å². The molecule has 5 heteroatoms. The lowest BCUT2D eigenvalue weighted by atomic mass is 10.1. The van der Waals surface area contributed by atoms with Crippen molar-refractivity contribution in [2.75, 3.05) is 6.61 Å². The molecule has 0 N–H and O–H groups in total. The highest BCUT2D eigenvalue weighted by Crippen LogP contribution is 2.17. The van der Waals surface area contributed by atoms with Crippen LogP contribution in [0.2, 0.25) is 0 Å². The Morgan fingerprint density at radius 1 is 1.09 bits per heavy atom. The van der Waals surface area contributed by atoms with E-state index in [9.17, 15) is 9.59 Å². The molecule has 1 heterocycles. The van der Waals surface area contributed by atoms with Crippen LogP contribution in [0.3, 0.4) is 0 Å². The van der Waals surface area contributed by atoms with E-state index in [4.69, 9.17) is 4.74 Å². The Morgan fingerprint density at radius 3 is 2.41 bits per heavy atom. The summed E-state index contributed by atoms with van der Waals surface area (Å²) >= 11 is 0. The molecule has 0 radical (unpaired) electrons. The van der Waals surface area contributed by atoms with Gasteiger partial charge < -0.3 is 9.47 Å². The Bertz CT molecular complexity index is 635. The highest BCUT2D eigenvalue weighted by Gasteiger charge is 2.14. The van der Waals surface area contributed by atoms with Crippen molar-refractivity contribution >= 4 is 12.1 Å². The minimum atomic E-state index is -0.979. The number of hydrogen-bond acceptors (Lipinski definition) is 5. The topological polar surface area (TPSA) is 65.5 Å². The minimum Gasteiger partial charge on any atom is -0.434 e. The number of nitrogens with zero attached hydrogens (tertiary/aromatic N) is 1. The van der Waals surface area contributed by atoms with Gasteiger partial charge in [-0.1, -0.05) is 32.0 Å². The molecular weight excluding hydrogens is 282 g/mol. The van der Waals surface area contributed by atoms with Crippen LogP contribution in [0.25, 0.3) is 11.3 Å². The molecule has 1 aromatic heterocycles. The highest BCUT2D eigenvalue weighted by molar-refractivity contribution is 5.95. The first-order chi connectivity index (χ1) is 10.6. The second-order valence-corrected chi connectivity index (χ2v) is 5.14. The van der Waals surface area contributed by atoms with Crippen molar-refractivity contribution in [3.63, 3.8) is 0 Å². The Balaban J connectivity index is 1.98. The molecule has 1 aromatic carbocycles. The Hall–Kier alpha value is -2.69. The largest absolute Gasteiger partial charge is 0.516 e. The van der Waals surface area contributed by atoms with E-state index in [0.29, 0.717) is 0 Å². The number of pyridine rings is 1. The van der Waals surface area contributed by atoms with Gasteiger partial charge in [0.2, 0.25) is 0 Å². The fourth-order valence-electron chi connectivity index (χ4n) is 1.71. The van der Waals surface area contributed by atoms with Gasteiger partial charge in [-0.05, 0) is 30.2 Å². The van der Waals surface area contributed by atoms with Crippen LogP contribution >= 0.6 is 0 Å². The second kappa shape index (κ2) is 7.36. The third kappa shape index (κ3) is 4.41. The molecule has 0 aliphatic heterocycles. The molecule has 114 valence electrons. The van der Waals surface area contributed by atoms with Crippen LogP contribution in [0.4, 0.5) is 4.79 Å². The zero-order chi connectivity index (χ0) is 15.9. The van der Waals surface area contributed by atoms with Crippen molar-refractivity contribution in [2.24, 2.45) is 5.92 Å². The molecule has 5 nitrogen and oxygen atoms in total. The van der Waals surface area contributed by atoms with Crippen molar-refractivity contribution in [3.05, 3.63) is 54.2 Å². The van der Waals surface area contributed by atoms with Crippen molar-refractivity contribution in [1.82, 2.24) is 4.98 Å². The third-order valence-electron chi connectivity index (χ3n) is 2.79. The van der Waals surface area contributed by atoms with Crippen LogP contribution in [0.5, 0.6) is 0 Å². The van der Waals surface area contributed by atoms with Gasteiger partial charge in [-0.25, -0.2) is 9.59 Å². The zero-order valence-corrected chi connectivity index (χ0v) is 12.5. The molecule has 2 rings (SSSR count). The van der Waals surface area contributed by atoms with Crippen LogP contribution in [0.1, 0.15) is 24.2 Å². The number of hydrogen-bond donors (Lipinski definition) is 0. The standard InChI is InChI=1S/C17H17NO4/c1-12(2)11-21-17(20)22-16(19)14-8-6-13(7-9-14)15-5-3-4-10-18-15/h3-10,12H,11H2,1-2H3. The number of ether oxygens (including phenoxy) is 2. The van der Waals surface area contributed by atoms with Crippen molar-refractivity contribution < 1.29 is 19.1 Å². The number of esters is 1. The van der Waals surface area contributed by atoms with Crippen LogP contribution in [0.15, 0.2) is 48.7 Å². The normalized spacial score (nSPS) is 10.3. The van der Waals surface area contributed by atoms with E-state index >= 15 is 0 Å². The molecule has 0 saturated carbocycles. The Labute approximate surface area is 128 Å². The molecule has 0 bridgehead atoms. The van der Waals surface area contributed by atoms with E-state index in [-0.39, 0.29) is 18.1 Å². The van der Waals surface area contributed by atoms with Gasteiger partial charge in [0.15, 0.2) is 0 Å². The summed E-state index contributed by atoms with van der Waals surface area (Å²) in [5.41, 5.74) is 1.96. The summed E-state index contributed by atoms with van der Waals surface area (Å²) in [6.45, 7) is 4.00. The van der Waals surface area contributed by atoms with Crippen LogP contribution in [-0.2, 0) is 9.47 Å². The first kappa shape index (κ1) is 15.7. The second-order valence-electron chi connectivity index (χ2n) is 5.14. The molecule has 0 aliphatic carbocycles. The molecule has 2 aromatic rings. The molecule has 0 atom stereocenters. The number of aromatic nitrogens is 1. The lowest BCUT2D eigenvalue weighted by Crippen LogP contribution is -2.16. The van der Waals surface area contributed by atoms with E-state index in [1.54, 1.807) is 30.5 Å². The predicted octanol–water partition coefficient (Wildman–Crippen LogP) is 3.70. The van der Waals surface area contributed by atoms with Crippen molar-refractivity contribution in [1.29, 1.82) is 0 Å². The molecule has 22 heavy (non-hydrogen) atoms. The smallest absolute Gasteiger partial charge is 0.434 e. The number of carbonyl (C=O) groups is 2. The minimum absolute atomic E-state index is 0.181. The fourth-order valence-corrected chi connectivity index (χ4v) is 1.71. The Kier molecular flexibility index (Phi) is 5.25. The van der Waals surface area contributed by atoms with Crippen molar-refractivity contribution in [2.45, 2.75) is 13.8 Å². The number of rotatable bonds is 4. The van der Waals surface area contributed by atoms with E-state index in [1.807, 2.05) is 32.0 Å². The average Bonchev–Trinajstić information content (AvgIpc) is 2.54. The lowest BCUT2D eigenvalue weighted by Gasteiger charge is -2.07. The van der Waals surface area contributed by atoms with Gasteiger partial charge in [-0.15, -0.1) is 0 Å². The summed E-state index contributed by atoms with van der Waals surface area (Å²) in [5.74, 6) is -0.554. The summed E-state index contributed by atoms with van der Waals surface area (Å²) in [7, 11) is 0. The van der Waals surface area contributed by atoms with Gasteiger partial charge in [-0.2, -0.15) is 0 Å². The maximum Gasteiger partial charge on any atom is 0.516 e. The maximum atomic E-state index is 11.8. The summed E-state index contributed by atoms with van der Waals surface area (Å²) in [6, 6.07) is 12.3. The number of carbonyl (C=O) groups excluding carboxylic acids is 2. The average molecular weight is 299 g/mol. The van der Waals surface area contributed by atoms with E-state index in [0.717, 1.165) is 11.3 Å². The van der Waals surface area contributed by atoms with E-state index in [2.05, 4.69) is 9.72 Å². The third-order valence-corrected chi connectivity index (χ3v) is 2.79. The SMILES string of the molecule is CC(C)COC(=O)OC(=O)c1ccc(-c2ccccn2)cc1. The molecule has 0 unspecified atom stereocenters. The Morgan fingerprint density at radius 2 is 1.82 bits per heavy atom. The molecule has 0 fully saturated rings. The zero-order valence-electron chi connectivity index (χ0n) is 12.5. The predicted molar refractivity (Wildman–Crippen MR) is 81.3 cm³/mol. The van der Waals surface area contributed by atoms with Gasteiger partial charge in [0.25, 0.3) is 0 Å². The summed E-state index contributed by atoms with van der Waals surface area (Å²) < 4.78 is 9.41. The van der Waals surface area contributed by atoms with Gasteiger partial charge in [-0.3, -0.25) is 4.98 Å². The van der Waals surface area contributed by atoms with Crippen LogP contribution in [0, 0.1) is 5.92 Å².